The highest BCUT2D eigenvalue weighted by Gasteiger charge is 2.37. The van der Waals surface area contributed by atoms with Gasteiger partial charge >= 0.3 is 12.1 Å². The monoisotopic (exact) mass is 339 g/mol. The van der Waals surface area contributed by atoms with Gasteiger partial charge in [0.2, 0.25) is 0 Å². The summed E-state index contributed by atoms with van der Waals surface area (Å²) in [7, 11) is 1.28. The molecule has 1 saturated heterocycles. The number of carbonyl (C=O) groups excluding carboxylic acids is 1. The summed E-state index contributed by atoms with van der Waals surface area (Å²) in [4.78, 5) is 23.9. The summed E-state index contributed by atoms with van der Waals surface area (Å²) < 4.78 is 31.0. The lowest BCUT2D eigenvalue weighted by atomic mass is 10.0. The molecule has 24 heavy (non-hydrogen) atoms. The molecule has 0 saturated carbocycles. The van der Waals surface area contributed by atoms with Gasteiger partial charge in [0, 0.05) is 12.1 Å². The number of amides is 1. The maximum Gasteiger partial charge on any atom is 0.408 e. The topological polar surface area (TPSA) is 66.8 Å². The van der Waals surface area contributed by atoms with Gasteiger partial charge in [-0.05, 0) is 43.4 Å². The van der Waals surface area contributed by atoms with Crippen LogP contribution in [0.2, 0.25) is 0 Å². The summed E-state index contributed by atoms with van der Waals surface area (Å²) in [6.45, 7) is 0. The highest BCUT2D eigenvalue weighted by Crippen LogP contribution is 2.38. The van der Waals surface area contributed by atoms with Gasteiger partial charge in [0.15, 0.2) is 11.6 Å². The van der Waals surface area contributed by atoms with E-state index in [1.165, 1.54) is 24.2 Å². The van der Waals surface area contributed by atoms with Gasteiger partial charge in [0.25, 0.3) is 0 Å². The Morgan fingerprint density at radius 3 is 2.71 bits per heavy atom. The Bertz CT molecular complexity index is 647. The first-order chi connectivity index (χ1) is 11.4. The third kappa shape index (κ3) is 4.10. The summed E-state index contributed by atoms with van der Waals surface area (Å²) in [6, 6.07) is 2.75. The van der Waals surface area contributed by atoms with Crippen molar-refractivity contribution >= 4 is 12.1 Å². The van der Waals surface area contributed by atoms with Crippen LogP contribution in [0.5, 0.6) is 0 Å². The third-order valence-electron chi connectivity index (χ3n) is 4.17. The molecule has 7 heteroatoms. The second-order valence-electron chi connectivity index (χ2n) is 5.61. The number of benzene rings is 1. The smallest absolute Gasteiger partial charge is 0.408 e. The van der Waals surface area contributed by atoms with Crippen molar-refractivity contribution in [1.82, 2.24) is 4.90 Å². The molecule has 1 aromatic rings. The number of carboxylic acid groups (broad SMARTS) is 1. The highest BCUT2D eigenvalue weighted by atomic mass is 19.2. The average Bonchev–Trinajstić information content (AvgIpc) is 2.98. The number of ether oxygens (including phenoxy) is 1. The zero-order valence-electron chi connectivity index (χ0n) is 13.2. The number of likely N-dealkylation sites (tertiary alicyclic amines) is 1. The Hall–Kier alpha value is -2.44. The molecule has 0 unspecified atom stereocenters. The molecule has 1 aliphatic heterocycles. The van der Waals surface area contributed by atoms with Gasteiger partial charge in [-0.2, -0.15) is 0 Å². The average molecular weight is 339 g/mol. The Kier molecular flexibility index (Phi) is 5.89. The second-order valence-corrected chi connectivity index (χ2v) is 5.61. The normalized spacial score (nSPS) is 20.5. The molecule has 1 amide bonds. The first kappa shape index (κ1) is 17.9. The molecule has 1 N–H and O–H groups in total. The highest BCUT2D eigenvalue weighted by molar-refractivity contribution is 5.81. The molecule has 0 aliphatic carbocycles. The summed E-state index contributed by atoms with van der Waals surface area (Å²) in [5.41, 5.74) is 0.448. The van der Waals surface area contributed by atoms with E-state index in [1.54, 1.807) is 6.08 Å². The van der Waals surface area contributed by atoms with Gasteiger partial charge < -0.3 is 9.84 Å². The van der Waals surface area contributed by atoms with E-state index in [9.17, 15) is 23.5 Å². The van der Waals surface area contributed by atoms with Crippen molar-refractivity contribution in [2.24, 2.45) is 0 Å². The lowest BCUT2D eigenvalue weighted by Gasteiger charge is -2.27. The van der Waals surface area contributed by atoms with E-state index in [0.29, 0.717) is 31.2 Å². The number of allylic oxidation sites excluding steroid dienone is 1. The van der Waals surface area contributed by atoms with Crippen molar-refractivity contribution in [3.8, 4) is 0 Å². The number of hydrogen-bond donors (Lipinski definition) is 1. The molecular weight excluding hydrogens is 320 g/mol. The summed E-state index contributed by atoms with van der Waals surface area (Å²) in [5, 5.41) is 9.49. The molecule has 5 nitrogen and oxygen atoms in total. The predicted molar refractivity (Wildman–Crippen MR) is 82.4 cm³/mol. The van der Waals surface area contributed by atoms with Crippen LogP contribution >= 0.6 is 0 Å². The Balaban J connectivity index is 2.07. The fourth-order valence-electron chi connectivity index (χ4n) is 3.04. The van der Waals surface area contributed by atoms with Gasteiger partial charge in [0.05, 0.1) is 13.2 Å². The summed E-state index contributed by atoms with van der Waals surface area (Å²) in [6.07, 6.45) is 4.08. The van der Waals surface area contributed by atoms with Crippen LogP contribution in [-0.2, 0) is 9.53 Å². The van der Waals surface area contributed by atoms with Crippen LogP contribution in [0, 0.1) is 11.6 Å². The standard InChI is InChI=1S/C17H19F2NO4/c1-24-16(21)5-3-2-4-12-7-9-15(20(12)17(22)23)11-6-8-13(18)14(19)10-11/h3,5-6,8,10,12,15H,2,4,7,9H2,1H3,(H,22,23)/t12-,15-/m1/s1. The predicted octanol–water partition coefficient (Wildman–Crippen LogP) is 3.66. The number of methoxy groups -OCH3 is 1. The van der Waals surface area contributed by atoms with Crippen LogP contribution in [0.3, 0.4) is 0 Å². The van der Waals surface area contributed by atoms with E-state index in [2.05, 4.69) is 4.74 Å². The van der Waals surface area contributed by atoms with Crippen LogP contribution in [-0.4, -0.2) is 35.2 Å². The van der Waals surface area contributed by atoms with Crippen molar-refractivity contribution in [2.75, 3.05) is 7.11 Å². The molecule has 0 aromatic heterocycles. The minimum absolute atomic E-state index is 0.233. The van der Waals surface area contributed by atoms with E-state index < -0.39 is 29.7 Å². The van der Waals surface area contributed by atoms with Crippen LogP contribution < -0.4 is 0 Å². The lowest BCUT2D eigenvalue weighted by molar-refractivity contribution is -0.134. The zero-order chi connectivity index (χ0) is 17.7. The van der Waals surface area contributed by atoms with E-state index in [4.69, 9.17) is 0 Å². The molecule has 1 fully saturated rings. The molecule has 1 aromatic carbocycles. The number of halogens is 2. The van der Waals surface area contributed by atoms with E-state index in [-0.39, 0.29) is 6.04 Å². The molecule has 1 heterocycles. The van der Waals surface area contributed by atoms with Crippen molar-refractivity contribution in [3.05, 3.63) is 47.5 Å². The van der Waals surface area contributed by atoms with Crippen molar-refractivity contribution < 1.29 is 28.2 Å². The molecule has 0 bridgehead atoms. The SMILES string of the molecule is COC(=O)C=CCC[C@@H]1CC[C@H](c2ccc(F)c(F)c2)N1C(=O)O. The molecule has 1 aliphatic rings. The molecule has 2 atom stereocenters. The molecule has 0 spiro atoms. The lowest BCUT2D eigenvalue weighted by Crippen LogP contribution is -2.36. The molecular formula is C17H19F2NO4. The fraction of sp³-hybridized carbons (Fsp3) is 0.412. The van der Waals surface area contributed by atoms with Gasteiger partial charge in [-0.3, -0.25) is 4.90 Å². The van der Waals surface area contributed by atoms with Crippen LogP contribution in [0.15, 0.2) is 30.4 Å². The molecule has 0 radical (unpaired) electrons. The van der Waals surface area contributed by atoms with E-state index in [1.807, 2.05) is 0 Å². The minimum Gasteiger partial charge on any atom is -0.466 e. The maximum atomic E-state index is 13.4. The first-order valence-electron chi connectivity index (χ1n) is 7.64. The number of carbonyl (C=O) groups is 2. The van der Waals surface area contributed by atoms with Gasteiger partial charge in [-0.15, -0.1) is 0 Å². The van der Waals surface area contributed by atoms with E-state index in [0.717, 1.165) is 12.1 Å². The van der Waals surface area contributed by atoms with Gasteiger partial charge in [-0.25, -0.2) is 18.4 Å². The second kappa shape index (κ2) is 7.90. The summed E-state index contributed by atoms with van der Waals surface area (Å²) in [5.74, 6) is -2.40. The van der Waals surface area contributed by atoms with Gasteiger partial charge in [-0.1, -0.05) is 12.1 Å². The van der Waals surface area contributed by atoms with Crippen LogP contribution in [0.1, 0.15) is 37.3 Å². The van der Waals surface area contributed by atoms with Crippen molar-refractivity contribution in [1.29, 1.82) is 0 Å². The largest absolute Gasteiger partial charge is 0.466 e. The first-order valence-corrected chi connectivity index (χ1v) is 7.64. The maximum absolute atomic E-state index is 13.4. The third-order valence-corrected chi connectivity index (χ3v) is 4.17. The molecule has 2 rings (SSSR count). The van der Waals surface area contributed by atoms with Crippen LogP contribution in [0.25, 0.3) is 0 Å². The Labute approximate surface area is 138 Å². The number of hydrogen-bond acceptors (Lipinski definition) is 3. The van der Waals surface area contributed by atoms with Crippen molar-refractivity contribution in [3.63, 3.8) is 0 Å². The van der Waals surface area contributed by atoms with Crippen LogP contribution in [0.4, 0.5) is 13.6 Å². The van der Waals surface area contributed by atoms with Crippen molar-refractivity contribution in [2.45, 2.75) is 37.8 Å². The quantitative estimate of drug-likeness (QED) is 0.657. The Morgan fingerprint density at radius 1 is 1.33 bits per heavy atom. The summed E-state index contributed by atoms with van der Waals surface area (Å²) >= 11 is 0. The Morgan fingerprint density at radius 2 is 2.08 bits per heavy atom. The van der Waals surface area contributed by atoms with E-state index >= 15 is 0 Å². The molecule has 130 valence electrons. The fourth-order valence-corrected chi connectivity index (χ4v) is 3.04. The minimum atomic E-state index is -1.09. The zero-order valence-corrected chi connectivity index (χ0v) is 13.2. The number of esters is 1. The van der Waals surface area contributed by atoms with Gasteiger partial charge in [0.1, 0.15) is 0 Å². The number of nitrogens with zero attached hydrogens (tertiary/aromatic N) is 1. The number of rotatable bonds is 5.